The van der Waals surface area contributed by atoms with Crippen LogP contribution in [0, 0.1) is 0 Å². The number of anilines is 2. The Bertz CT molecular complexity index is 291. The first-order valence-corrected chi connectivity index (χ1v) is 5.79. The zero-order valence-corrected chi connectivity index (χ0v) is 10.1. The topological polar surface area (TPSA) is 46.2 Å². The Kier molecular flexibility index (Phi) is 6.33. The van der Waals surface area contributed by atoms with Crippen molar-refractivity contribution in [1.82, 2.24) is 4.98 Å². The average Bonchev–Trinajstić information content (AvgIpc) is 2.30. The van der Waals surface area contributed by atoms with Gasteiger partial charge in [0.25, 0.3) is 0 Å². The number of aromatic nitrogens is 1. The molecule has 2 N–H and O–H groups in total. The van der Waals surface area contributed by atoms with E-state index in [1.807, 2.05) is 18.3 Å². The molecule has 0 atom stereocenters. The van der Waals surface area contributed by atoms with Gasteiger partial charge in [-0.1, -0.05) is 0 Å². The molecule has 4 heteroatoms. The Morgan fingerprint density at radius 2 is 2.19 bits per heavy atom. The van der Waals surface area contributed by atoms with Crippen molar-refractivity contribution >= 4 is 11.5 Å². The number of nitrogens with one attached hydrogen (secondary N) is 2. The van der Waals surface area contributed by atoms with Gasteiger partial charge in [0.1, 0.15) is 5.82 Å². The molecule has 0 saturated carbocycles. The first kappa shape index (κ1) is 12.8. The summed E-state index contributed by atoms with van der Waals surface area (Å²) in [5, 5.41) is 6.55. The van der Waals surface area contributed by atoms with Gasteiger partial charge in [-0.2, -0.15) is 0 Å². The third-order valence-electron chi connectivity index (χ3n) is 2.22. The van der Waals surface area contributed by atoms with Gasteiger partial charge in [0.05, 0.1) is 0 Å². The molecule has 1 heterocycles. The fourth-order valence-electron chi connectivity index (χ4n) is 1.42. The maximum absolute atomic E-state index is 5.00. The van der Waals surface area contributed by atoms with Crippen molar-refractivity contribution in [2.24, 2.45) is 0 Å². The molecule has 0 aromatic carbocycles. The minimum Gasteiger partial charge on any atom is -0.385 e. The SMILES string of the molecule is CCNc1cc(NCCCCOC)ccn1. The predicted octanol–water partition coefficient (Wildman–Crippen LogP) is 2.35. The number of hydrogen-bond donors (Lipinski definition) is 2. The van der Waals surface area contributed by atoms with Gasteiger partial charge < -0.3 is 15.4 Å². The molecule has 0 radical (unpaired) electrons. The van der Waals surface area contributed by atoms with Crippen molar-refractivity contribution in [2.75, 3.05) is 37.4 Å². The molecule has 0 bridgehead atoms. The summed E-state index contributed by atoms with van der Waals surface area (Å²) >= 11 is 0. The van der Waals surface area contributed by atoms with Gasteiger partial charge in [0.15, 0.2) is 0 Å². The van der Waals surface area contributed by atoms with E-state index in [-0.39, 0.29) is 0 Å². The number of unbranched alkanes of at least 4 members (excludes halogenated alkanes) is 1. The van der Waals surface area contributed by atoms with Crippen LogP contribution in [0.4, 0.5) is 11.5 Å². The normalized spacial score (nSPS) is 10.1. The molecule has 0 spiro atoms. The van der Waals surface area contributed by atoms with E-state index in [0.29, 0.717) is 0 Å². The Morgan fingerprint density at radius 1 is 1.31 bits per heavy atom. The summed E-state index contributed by atoms with van der Waals surface area (Å²) in [4.78, 5) is 4.22. The smallest absolute Gasteiger partial charge is 0.127 e. The van der Waals surface area contributed by atoms with Crippen molar-refractivity contribution in [3.05, 3.63) is 18.3 Å². The molecule has 16 heavy (non-hydrogen) atoms. The molecule has 0 amide bonds. The molecule has 90 valence electrons. The number of ether oxygens (including phenoxy) is 1. The zero-order valence-electron chi connectivity index (χ0n) is 10.1. The molecular formula is C12H21N3O. The quantitative estimate of drug-likeness (QED) is 0.664. The molecule has 0 aliphatic rings. The second kappa shape index (κ2) is 7.93. The van der Waals surface area contributed by atoms with Crippen LogP contribution in [0.25, 0.3) is 0 Å². The average molecular weight is 223 g/mol. The van der Waals surface area contributed by atoms with Gasteiger partial charge in [-0.25, -0.2) is 4.98 Å². The van der Waals surface area contributed by atoms with E-state index < -0.39 is 0 Å². The highest BCUT2D eigenvalue weighted by Crippen LogP contribution is 2.11. The third-order valence-corrected chi connectivity index (χ3v) is 2.22. The lowest BCUT2D eigenvalue weighted by Gasteiger charge is -2.08. The maximum Gasteiger partial charge on any atom is 0.127 e. The fourth-order valence-corrected chi connectivity index (χ4v) is 1.42. The van der Waals surface area contributed by atoms with Crippen LogP contribution in [-0.2, 0) is 4.74 Å². The summed E-state index contributed by atoms with van der Waals surface area (Å²) in [7, 11) is 1.74. The third kappa shape index (κ3) is 4.98. The highest BCUT2D eigenvalue weighted by Gasteiger charge is 1.95. The largest absolute Gasteiger partial charge is 0.385 e. The van der Waals surface area contributed by atoms with E-state index >= 15 is 0 Å². The maximum atomic E-state index is 5.00. The Balaban J connectivity index is 2.27. The molecule has 1 aromatic heterocycles. The molecule has 4 nitrogen and oxygen atoms in total. The van der Waals surface area contributed by atoms with Crippen molar-refractivity contribution in [1.29, 1.82) is 0 Å². The van der Waals surface area contributed by atoms with Gasteiger partial charge in [0.2, 0.25) is 0 Å². The van der Waals surface area contributed by atoms with Crippen molar-refractivity contribution in [3.8, 4) is 0 Å². The van der Waals surface area contributed by atoms with E-state index in [9.17, 15) is 0 Å². The standard InChI is InChI=1S/C12H21N3O/c1-3-13-12-10-11(6-8-15-12)14-7-4-5-9-16-2/h6,8,10H,3-5,7,9H2,1-2H3,(H2,13,14,15). The van der Waals surface area contributed by atoms with Crippen LogP contribution in [0.3, 0.4) is 0 Å². The molecule has 0 aliphatic heterocycles. The second-order valence-electron chi connectivity index (χ2n) is 3.59. The Labute approximate surface area is 97.4 Å². The van der Waals surface area contributed by atoms with Gasteiger partial charge >= 0.3 is 0 Å². The van der Waals surface area contributed by atoms with Crippen LogP contribution in [0.15, 0.2) is 18.3 Å². The lowest BCUT2D eigenvalue weighted by atomic mass is 10.3. The molecule has 1 rings (SSSR count). The van der Waals surface area contributed by atoms with Gasteiger partial charge in [-0.3, -0.25) is 0 Å². The van der Waals surface area contributed by atoms with Crippen LogP contribution >= 0.6 is 0 Å². The van der Waals surface area contributed by atoms with E-state index in [4.69, 9.17) is 4.74 Å². The Hall–Kier alpha value is -1.29. The molecule has 0 fully saturated rings. The number of pyridine rings is 1. The lowest BCUT2D eigenvalue weighted by Crippen LogP contribution is -2.04. The van der Waals surface area contributed by atoms with Crippen LogP contribution in [0.2, 0.25) is 0 Å². The summed E-state index contributed by atoms with van der Waals surface area (Å²) in [5.74, 6) is 0.921. The summed E-state index contributed by atoms with van der Waals surface area (Å²) in [6.07, 6.45) is 4.02. The van der Waals surface area contributed by atoms with Gasteiger partial charge in [0, 0.05) is 44.8 Å². The highest BCUT2D eigenvalue weighted by molar-refractivity contribution is 5.51. The fraction of sp³-hybridized carbons (Fsp3) is 0.583. The van der Waals surface area contributed by atoms with Crippen LogP contribution in [0.5, 0.6) is 0 Å². The Morgan fingerprint density at radius 3 is 2.94 bits per heavy atom. The molecule has 0 saturated heterocycles. The van der Waals surface area contributed by atoms with Crippen molar-refractivity contribution in [2.45, 2.75) is 19.8 Å². The first-order valence-electron chi connectivity index (χ1n) is 5.79. The second-order valence-corrected chi connectivity index (χ2v) is 3.59. The molecule has 0 aliphatic carbocycles. The minimum absolute atomic E-state index is 0.834. The predicted molar refractivity (Wildman–Crippen MR) is 68.0 cm³/mol. The van der Waals surface area contributed by atoms with Crippen molar-refractivity contribution in [3.63, 3.8) is 0 Å². The van der Waals surface area contributed by atoms with Crippen LogP contribution in [-0.4, -0.2) is 31.8 Å². The number of methoxy groups -OCH3 is 1. The monoisotopic (exact) mass is 223 g/mol. The molecule has 1 aromatic rings. The molecule has 0 unspecified atom stereocenters. The first-order chi connectivity index (χ1) is 7.86. The van der Waals surface area contributed by atoms with Gasteiger partial charge in [-0.15, -0.1) is 0 Å². The summed E-state index contributed by atoms with van der Waals surface area (Å²) < 4.78 is 5.00. The van der Waals surface area contributed by atoms with Crippen LogP contribution in [0.1, 0.15) is 19.8 Å². The zero-order chi connectivity index (χ0) is 11.6. The number of nitrogens with zero attached hydrogens (tertiary/aromatic N) is 1. The lowest BCUT2D eigenvalue weighted by molar-refractivity contribution is 0.194. The number of rotatable bonds is 8. The summed E-state index contributed by atoms with van der Waals surface area (Å²) in [6, 6.07) is 4.01. The summed E-state index contributed by atoms with van der Waals surface area (Å²) in [5.41, 5.74) is 1.11. The van der Waals surface area contributed by atoms with Crippen LogP contribution < -0.4 is 10.6 Å². The van der Waals surface area contributed by atoms with E-state index in [2.05, 4.69) is 22.5 Å². The van der Waals surface area contributed by atoms with Crippen molar-refractivity contribution < 1.29 is 4.74 Å². The van der Waals surface area contributed by atoms with E-state index in [1.165, 1.54) is 0 Å². The minimum atomic E-state index is 0.834. The van der Waals surface area contributed by atoms with E-state index in [0.717, 1.165) is 44.0 Å². The summed E-state index contributed by atoms with van der Waals surface area (Å²) in [6.45, 7) is 4.76. The number of hydrogen-bond acceptors (Lipinski definition) is 4. The molecular weight excluding hydrogens is 202 g/mol. The van der Waals surface area contributed by atoms with E-state index in [1.54, 1.807) is 7.11 Å². The highest BCUT2D eigenvalue weighted by atomic mass is 16.5. The van der Waals surface area contributed by atoms with Gasteiger partial charge in [-0.05, 0) is 25.8 Å².